The Hall–Kier alpha value is -1.06. The normalized spacial score (nSPS) is 32.1. The number of hydrogen-bond donors (Lipinski definition) is 1. The molecule has 112 valence electrons. The molecule has 0 aromatic rings. The lowest BCUT2D eigenvalue weighted by Crippen LogP contribution is -2.43. The van der Waals surface area contributed by atoms with Gasteiger partial charge in [0.2, 0.25) is 5.91 Å². The molecule has 4 nitrogen and oxygen atoms in total. The molecule has 1 amide bonds. The zero-order chi connectivity index (χ0) is 14.2. The van der Waals surface area contributed by atoms with Crippen LogP contribution in [0.2, 0.25) is 0 Å². The molecule has 2 saturated carbocycles. The van der Waals surface area contributed by atoms with Gasteiger partial charge in [-0.15, -0.1) is 0 Å². The summed E-state index contributed by atoms with van der Waals surface area (Å²) in [6.45, 7) is 0.851. The second-order valence-electron chi connectivity index (χ2n) is 6.96. The van der Waals surface area contributed by atoms with E-state index in [1.165, 1.54) is 19.3 Å². The summed E-state index contributed by atoms with van der Waals surface area (Å²) in [6, 6.07) is 0.406. The molecule has 0 aromatic carbocycles. The second kappa shape index (κ2) is 5.38. The molecule has 20 heavy (non-hydrogen) atoms. The van der Waals surface area contributed by atoms with Gasteiger partial charge in [0, 0.05) is 19.0 Å². The minimum absolute atomic E-state index is 0.101. The molecule has 4 heteroatoms. The average Bonchev–Trinajstić information content (AvgIpc) is 3.05. The van der Waals surface area contributed by atoms with Crippen molar-refractivity contribution in [1.29, 1.82) is 0 Å². The van der Waals surface area contributed by atoms with Crippen molar-refractivity contribution in [3.8, 4) is 0 Å². The number of likely N-dealkylation sites (tertiary alicyclic amines) is 1. The van der Waals surface area contributed by atoms with Gasteiger partial charge in [-0.05, 0) is 38.0 Å². The molecular formula is C16H25NO3. The molecule has 2 atom stereocenters. The number of carbonyl (C=O) groups is 2. The van der Waals surface area contributed by atoms with Crippen LogP contribution in [0.3, 0.4) is 0 Å². The van der Waals surface area contributed by atoms with Crippen molar-refractivity contribution in [2.45, 2.75) is 70.3 Å². The van der Waals surface area contributed by atoms with E-state index in [9.17, 15) is 14.7 Å². The molecular weight excluding hydrogens is 254 g/mol. The molecule has 0 radical (unpaired) electrons. The number of fused-ring (bicyclic) bond motifs is 1. The summed E-state index contributed by atoms with van der Waals surface area (Å²) in [6.07, 6.45) is 9.48. The SMILES string of the molecule is O=C(CC1(C(=O)O)CCCC1)N1CCC2CCCCC21. The fourth-order valence-corrected chi connectivity index (χ4v) is 4.62. The first-order valence-corrected chi connectivity index (χ1v) is 8.15. The summed E-state index contributed by atoms with van der Waals surface area (Å²) in [5.74, 6) is 0.0171. The van der Waals surface area contributed by atoms with Gasteiger partial charge in [0.1, 0.15) is 0 Å². The van der Waals surface area contributed by atoms with Gasteiger partial charge in [-0.25, -0.2) is 0 Å². The fourth-order valence-electron chi connectivity index (χ4n) is 4.62. The van der Waals surface area contributed by atoms with E-state index in [1.807, 2.05) is 4.90 Å². The van der Waals surface area contributed by atoms with Gasteiger partial charge in [0.25, 0.3) is 0 Å². The summed E-state index contributed by atoms with van der Waals surface area (Å²) in [5, 5.41) is 9.52. The fraction of sp³-hybridized carbons (Fsp3) is 0.875. The Balaban J connectivity index is 1.68. The smallest absolute Gasteiger partial charge is 0.310 e. The first-order chi connectivity index (χ1) is 9.62. The van der Waals surface area contributed by atoms with E-state index in [2.05, 4.69) is 0 Å². The minimum atomic E-state index is -0.761. The highest BCUT2D eigenvalue weighted by molar-refractivity contribution is 5.85. The molecule has 2 unspecified atom stereocenters. The monoisotopic (exact) mass is 279 g/mol. The number of nitrogens with zero attached hydrogens (tertiary/aromatic N) is 1. The standard InChI is InChI=1S/C16H25NO3/c18-14(11-16(15(19)20)8-3-4-9-16)17-10-7-12-5-1-2-6-13(12)17/h12-13H,1-11H2,(H,19,20). The molecule has 3 rings (SSSR count). The predicted octanol–water partition coefficient (Wildman–Crippen LogP) is 2.81. The highest BCUT2D eigenvalue weighted by Gasteiger charge is 2.46. The molecule has 3 aliphatic rings. The van der Waals surface area contributed by atoms with E-state index in [-0.39, 0.29) is 12.3 Å². The highest BCUT2D eigenvalue weighted by atomic mass is 16.4. The number of rotatable bonds is 3. The molecule has 0 bridgehead atoms. The molecule has 3 fully saturated rings. The number of carbonyl (C=O) groups excluding carboxylic acids is 1. The maximum absolute atomic E-state index is 12.6. The summed E-state index contributed by atoms with van der Waals surface area (Å²) in [4.78, 5) is 26.2. The third kappa shape index (κ3) is 2.33. The highest BCUT2D eigenvalue weighted by Crippen LogP contribution is 2.43. The Morgan fingerprint density at radius 2 is 1.75 bits per heavy atom. The Labute approximate surface area is 120 Å². The maximum Gasteiger partial charge on any atom is 0.310 e. The van der Waals surface area contributed by atoms with E-state index in [0.717, 1.165) is 32.2 Å². The largest absolute Gasteiger partial charge is 0.481 e. The van der Waals surface area contributed by atoms with Crippen molar-refractivity contribution < 1.29 is 14.7 Å². The summed E-state index contributed by atoms with van der Waals surface area (Å²) < 4.78 is 0. The zero-order valence-electron chi connectivity index (χ0n) is 12.1. The molecule has 0 spiro atoms. The molecule has 1 saturated heterocycles. The van der Waals surface area contributed by atoms with Gasteiger partial charge in [-0.2, -0.15) is 0 Å². The number of carboxylic acids is 1. The number of hydrogen-bond acceptors (Lipinski definition) is 2. The quantitative estimate of drug-likeness (QED) is 0.864. The molecule has 1 heterocycles. The summed E-state index contributed by atoms with van der Waals surface area (Å²) >= 11 is 0. The van der Waals surface area contributed by atoms with Crippen LogP contribution in [0.15, 0.2) is 0 Å². The van der Waals surface area contributed by atoms with Gasteiger partial charge >= 0.3 is 5.97 Å². The van der Waals surface area contributed by atoms with E-state index >= 15 is 0 Å². The minimum Gasteiger partial charge on any atom is -0.481 e. The second-order valence-corrected chi connectivity index (χ2v) is 6.96. The van der Waals surface area contributed by atoms with Crippen molar-refractivity contribution in [3.05, 3.63) is 0 Å². The Bertz CT molecular complexity index is 401. The third-order valence-electron chi connectivity index (χ3n) is 5.83. The van der Waals surface area contributed by atoms with Crippen LogP contribution in [0.5, 0.6) is 0 Å². The molecule has 1 aliphatic heterocycles. The Kier molecular flexibility index (Phi) is 3.74. The van der Waals surface area contributed by atoms with Gasteiger partial charge in [-0.1, -0.05) is 25.7 Å². The van der Waals surface area contributed by atoms with Crippen molar-refractivity contribution in [3.63, 3.8) is 0 Å². The van der Waals surface area contributed by atoms with Gasteiger partial charge in [-0.3, -0.25) is 9.59 Å². The van der Waals surface area contributed by atoms with Crippen LogP contribution in [0.4, 0.5) is 0 Å². The van der Waals surface area contributed by atoms with Crippen molar-refractivity contribution in [2.24, 2.45) is 11.3 Å². The number of carboxylic acid groups (broad SMARTS) is 1. The van der Waals surface area contributed by atoms with Crippen LogP contribution in [0, 0.1) is 11.3 Å². The zero-order valence-corrected chi connectivity index (χ0v) is 12.1. The van der Waals surface area contributed by atoms with Crippen molar-refractivity contribution in [2.75, 3.05) is 6.54 Å². The van der Waals surface area contributed by atoms with Crippen molar-refractivity contribution >= 4 is 11.9 Å². The van der Waals surface area contributed by atoms with E-state index in [1.54, 1.807) is 0 Å². The summed E-state index contributed by atoms with van der Waals surface area (Å²) in [7, 11) is 0. The van der Waals surface area contributed by atoms with E-state index in [4.69, 9.17) is 0 Å². The lowest BCUT2D eigenvalue weighted by molar-refractivity contribution is -0.153. The predicted molar refractivity (Wildman–Crippen MR) is 75.2 cm³/mol. The molecule has 1 N–H and O–H groups in total. The van der Waals surface area contributed by atoms with Gasteiger partial charge < -0.3 is 10.0 Å². The maximum atomic E-state index is 12.6. The first kappa shape index (κ1) is 13.9. The Morgan fingerprint density at radius 1 is 1.05 bits per heavy atom. The van der Waals surface area contributed by atoms with E-state index in [0.29, 0.717) is 24.8 Å². The number of amides is 1. The molecule has 2 aliphatic carbocycles. The van der Waals surface area contributed by atoms with Crippen LogP contribution < -0.4 is 0 Å². The van der Waals surface area contributed by atoms with Crippen LogP contribution in [0.25, 0.3) is 0 Å². The van der Waals surface area contributed by atoms with Gasteiger partial charge in [0.15, 0.2) is 0 Å². The number of aliphatic carboxylic acids is 1. The van der Waals surface area contributed by atoms with Crippen LogP contribution in [-0.4, -0.2) is 34.5 Å². The topological polar surface area (TPSA) is 57.6 Å². The van der Waals surface area contributed by atoms with Crippen molar-refractivity contribution in [1.82, 2.24) is 4.90 Å². The van der Waals surface area contributed by atoms with Gasteiger partial charge in [0.05, 0.1) is 5.41 Å². The van der Waals surface area contributed by atoms with Crippen LogP contribution >= 0.6 is 0 Å². The summed E-state index contributed by atoms with van der Waals surface area (Å²) in [5.41, 5.74) is -0.760. The van der Waals surface area contributed by atoms with Crippen LogP contribution in [0.1, 0.15) is 64.2 Å². The molecule has 0 aromatic heterocycles. The lowest BCUT2D eigenvalue weighted by Gasteiger charge is -2.33. The Morgan fingerprint density at radius 3 is 2.45 bits per heavy atom. The average molecular weight is 279 g/mol. The van der Waals surface area contributed by atoms with Crippen LogP contribution in [-0.2, 0) is 9.59 Å². The van der Waals surface area contributed by atoms with E-state index < -0.39 is 11.4 Å². The lowest BCUT2D eigenvalue weighted by atomic mass is 9.81. The first-order valence-electron chi connectivity index (χ1n) is 8.15. The third-order valence-corrected chi connectivity index (χ3v) is 5.83.